The Bertz CT molecular complexity index is 943. The van der Waals surface area contributed by atoms with Crippen LogP contribution in [-0.4, -0.2) is 15.5 Å². The van der Waals surface area contributed by atoms with Gasteiger partial charge < -0.3 is 5.32 Å². The summed E-state index contributed by atoms with van der Waals surface area (Å²) in [5.74, 6) is 0.275. The maximum absolute atomic E-state index is 12.6. The molecule has 5 nitrogen and oxygen atoms in total. The van der Waals surface area contributed by atoms with Crippen LogP contribution in [0.15, 0.2) is 53.3 Å². The van der Waals surface area contributed by atoms with Crippen LogP contribution in [0.3, 0.4) is 0 Å². The molecule has 5 heteroatoms. The van der Waals surface area contributed by atoms with Gasteiger partial charge in [-0.2, -0.15) is 0 Å². The summed E-state index contributed by atoms with van der Waals surface area (Å²) in [5, 5.41) is 3.33. The van der Waals surface area contributed by atoms with Crippen LogP contribution in [0.4, 0.5) is 5.69 Å². The molecular formula is C19H19N3O2. The van der Waals surface area contributed by atoms with Gasteiger partial charge in [-0.15, -0.1) is 0 Å². The van der Waals surface area contributed by atoms with Crippen molar-refractivity contribution in [1.29, 1.82) is 0 Å². The third kappa shape index (κ3) is 3.20. The molecule has 0 atom stereocenters. The quantitative estimate of drug-likeness (QED) is 0.803. The van der Waals surface area contributed by atoms with Crippen molar-refractivity contribution in [3.8, 4) is 0 Å². The minimum Gasteiger partial charge on any atom is -0.325 e. The van der Waals surface area contributed by atoms with E-state index in [2.05, 4.69) is 17.2 Å². The van der Waals surface area contributed by atoms with Crippen LogP contribution < -0.4 is 10.9 Å². The van der Waals surface area contributed by atoms with Crippen LogP contribution in [0.25, 0.3) is 10.9 Å². The highest BCUT2D eigenvalue weighted by molar-refractivity contribution is 5.90. The zero-order valence-electron chi connectivity index (χ0n) is 13.7. The Morgan fingerprint density at radius 1 is 1.12 bits per heavy atom. The zero-order valence-corrected chi connectivity index (χ0v) is 13.7. The molecule has 122 valence electrons. The van der Waals surface area contributed by atoms with E-state index in [1.54, 1.807) is 25.1 Å². The van der Waals surface area contributed by atoms with Crippen molar-refractivity contribution in [3.63, 3.8) is 0 Å². The number of carbonyl (C=O) groups is 1. The summed E-state index contributed by atoms with van der Waals surface area (Å²) in [7, 11) is 0. The molecule has 24 heavy (non-hydrogen) atoms. The first-order chi connectivity index (χ1) is 11.6. The minimum absolute atomic E-state index is 0.0575. The summed E-state index contributed by atoms with van der Waals surface area (Å²) in [5.41, 5.74) is 2.37. The second-order valence-electron chi connectivity index (χ2n) is 5.67. The molecule has 3 rings (SSSR count). The van der Waals surface area contributed by atoms with Crippen LogP contribution in [-0.2, 0) is 17.8 Å². The lowest BCUT2D eigenvalue weighted by molar-refractivity contribution is -0.116. The van der Waals surface area contributed by atoms with Gasteiger partial charge in [0, 0.05) is 5.69 Å². The van der Waals surface area contributed by atoms with Gasteiger partial charge in [0.1, 0.15) is 12.4 Å². The molecule has 1 heterocycles. The second-order valence-corrected chi connectivity index (χ2v) is 5.67. The number of benzene rings is 2. The van der Waals surface area contributed by atoms with E-state index in [0.29, 0.717) is 16.7 Å². The standard InChI is InChI=1S/C19H19N3O2/c1-3-14-8-10-15(11-9-14)21-18(23)12-22-13(2)20-17-7-5-4-6-16(17)19(22)24/h4-11H,3,12H2,1-2H3,(H,21,23). The number of rotatable bonds is 4. The maximum atomic E-state index is 12.6. The van der Waals surface area contributed by atoms with E-state index in [1.165, 1.54) is 10.1 Å². The predicted octanol–water partition coefficient (Wildman–Crippen LogP) is 2.91. The average molecular weight is 321 g/mol. The number of fused-ring (bicyclic) bond motifs is 1. The van der Waals surface area contributed by atoms with Gasteiger partial charge in [0.25, 0.3) is 5.56 Å². The number of hydrogen-bond donors (Lipinski definition) is 1. The first-order valence-electron chi connectivity index (χ1n) is 7.93. The van der Waals surface area contributed by atoms with Gasteiger partial charge in [-0.1, -0.05) is 31.2 Å². The van der Waals surface area contributed by atoms with Gasteiger partial charge in [-0.05, 0) is 43.2 Å². The first kappa shape index (κ1) is 15.9. The van der Waals surface area contributed by atoms with E-state index < -0.39 is 0 Å². The number of carbonyl (C=O) groups excluding carboxylic acids is 1. The third-order valence-electron chi connectivity index (χ3n) is 4.00. The number of anilines is 1. The number of para-hydroxylation sites is 1. The normalized spacial score (nSPS) is 10.8. The average Bonchev–Trinajstić information content (AvgIpc) is 2.59. The van der Waals surface area contributed by atoms with Gasteiger partial charge in [0.2, 0.25) is 5.91 Å². The number of hydrogen-bond acceptors (Lipinski definition) is 3. The molecule has 0 radical (unpaired) electrons. The van der Waals surface area contributed by atoms with E-state index in [0.717, 1.165) is 12.1 Å². The number of amides is 1. The van der Waals surface area contributed by atoms with Crippen LogP contribution in [0, 0.1) is 6.92 Å². The van der Waals surface area contributed by atoms with Crippen LogP contribution >= 0.6 is 0 Å². The fourth-order valence-corrected chi connectivity index (χ4v) is 2.63. The van der Waals surface area contributed by atoms with E-state index in [4.69, 9.17) is 0 Å². The third-order valence-corrected chi connectivity index (χ3v) is 4.00. The Hall–Kier alpha value is -2.95. The van der Waals surface area contributed by atoms with Crippen molar-refractivity contribution in [1.82, 2.24) is 9.55 Å². The molecule has 3 aromatic rings. The molecule has 1 amide bonds. The van der Waals surface area contributed by atoms with Crippen molar-refractivity contribution < 1.29 is 4.79 Å². The number of nitrogens with one attached hydrogen (secondary N) is 1. The van der Waals surface area contributed by atoms with Crippen molar-refractivity contribution in [2.75, 3.05) is 5.32 Å². The Morgan fingerprint density at radius 3 is 2.54 bits per heavy atom. The Balaban J connectivity index is 1.83. The molecule has 0 aliphatic carbocycles. The van der Waals surface area contributed by atoms with Crippen molar-refractivity contribution in [2.45, 2.75) is 26.8 Å². The zero-order chi connectivity index (χ0) is 17.1. The fourth-order valence-electron chi connectivity index (χ4n) is 2.63. The summed E-state index contributed by atoms with van der Waals surface area (Å²) in [4.78, 5) is 29.2. The highest BCUT2D eigenvalue weighted by atomic mass is 16.2. The van der Waals surface area contributed by atoms with Gasteiger partial charge in [0.15, 0.2) is 0 Å². The fraction of sp³-hybridized carbons (Fsp3) is 0.211. The number of nitrogens with zero attached hydrogens (tertiary/aromatic N) is 2. The molecule has 0 aliphatic heterocycles. The van der Waals surface area contributed by atoms with Gasteiger partial charge in [-0.3, -0.25) is 14.2 Å². The molecule has 0 bridgehead atoms. The lowest BCUT2D eigenvalue weighted by Gasteiger charge is -2.11. The Morgan fingerprint density at radius 2 is 1.83 bits per heavy atom. The van der Waals surface area contributed by atoms with Crippen molar-refractivity contribution >= 4 is 22.5 Å². The largest absolute Gasteiger partial charge is 0.325 e. The maximum Gasteiger partial charge on any atom is 0.261 e. The second kappa shape index (κ2) is 6.66. The molecule has 2 aromatic carbocycles. The summed E-state index contributed by atoms with van der Waals surface area (Å²) < 4.78 is 1.40. The number of aromatic nitrogens is 2. The molecule has 0 unspecified atom stereocenters. The van der Waals surface area contributed by atoms with Crippen molar-refractivity contribution in [2.24, 2.45) is 0 Å². The minimum atomic E-state index is -0.249. The number of aryl methyl sites for hydroxylation is 2. The molecule has 0 fully saturated rings. The SMILES string of the molecule is CCc1ccc(NC(=O)Cn2c(C)nc3ccccc3c2=O)cc1. The highest BCUT2D eigenvalue weighted by Crippen LogP contribution is 2.11. The molecule has 0 spiro atoms. The summed E-state index contributed by atoms with van der Waals surface area (Å²) in [6.45, 7) is 3.75. The Kier molecular flexibility index (Phi) is 4.42. The summed E-state index contributed by atoms with van der Waals surface area (Å²) in [6.07, 6.45) is 0.950. The molecule has 0 saturated heterocycles. The van der Waals surface area contributed by atoms with E-state index in [1.807, 2.05) is 30.3 Å². The molecule has 0 aliphatic rings. The lowest BCUT2D eigenvalue weighted by atomic mass is 10.1. The first-order valence-corrected chi connectivity index (χ1v) is 7.93. The molecule has 1 aromatic heterocycles. The highest BCUT2D eigenvalue weighted by Gasteiger charge is 2.11. The smallest absolute Gasteiger partial charge is 0.261 e. The molecule has 1 N–H and O–H groups in total. The lowest BCUT2D eigenvalue weighted by Crippen LogP contribution is -2.30. The summed E-state index contributed by atoms with van der Waals surface area (Å²) in [6, 6.07) is 14.8. The Labute approximate surface area is 140 Å². The molecule has 0 saturated carbocycles. The van der Waals surface area contributed by atoms with Gasteiger partial charge in [-0.25, -0.2) is 4.98 Å². The van der Waals surface area contributed by atoms with Crippen LogP contribution in [0.5, 0.6) is 0 Å². The van der Waals surface area contributed by atoms with E-state index in [9.17, 15) is 9.59 Å². The van der Waals surface area contributed by atoms with Gasteiger partial charge in [0.05, 0.1) is 10.9 Å². The van der Waals surface area contributed by atoms with Crippen molar-refractivity contribution in [3.05, 3.63) is 70.3 Å². The van der Waals surface area contributed by atoms with Crippen LogP contribution in [0.1, 0.15) is 18.3 Å². The van der Waals surface area contributed by atoms with Crippen LogP contribution in [0.2, 0.25) is 0 Å². The predicted molar refractivity (Wildman–Crippen MR) is 95.2 cm³/mol. The van der Waals surface area contributed by atoms with E-state index in [-0.39, 0.29) is 18.0 Å². The summed E-state index contributed by atoms with van der Waals surface area (Å²) >= 11 is 0. The van der Waals surface area contributed by atoms with E-state index >= 15 is 0 Å². The monoisotopic (exact) mass is 321 g/mol. The van der Waals surface area contributed by atoms with Gasteiger partial charge >= 0.3 is 0 Å². The molecular weight excluding hydrogens is 302 g/mol. The topological polar surface area (TPSA) is 64.0 Å².